The highest BCUT2D eigenvalue weighted by Gasteiger charge is 2.13. The van der Waals surface area contributed by atoms with Gasteiger partial charge in [-0.25, -0.2) is 9.37 Å². The van der Waals surface area contributed by atoms with Crippen molar-refractivity contribution in [1.29, 1.82) is 0 Å². The average Bonchev–Trinajstić information content (AvgIpc) is 2.41. The van der Waals surface area contributed by atoms with E-state index in [9.17, 15) is 14.0 Å². The van der Waals surface area contributed by atoms with E-state index < -0.39 is 17.6 Å². The molecule has 0 fully saturated rings. The van der Waals surface area contributed by atoms with Crippen LogP contribution in [0.4, 0.5) is 10.1 Å². The fraction of sp³-hybridized carbons (Fsp3) is 0. The SMILES string of the molecule is NC(=O)c1ccc(F)c(NC(=O)c2cncc(Cl)n2)c1. The number of hydrogen-bond donors (Lipinski definition) is 2. The van der Waals surface area contributed by atoms with E-state index in [1.54, 1.807) is 0 Å². The van der Waals surface area contributed by atoms with Crippen molar-refractivity contribution < 1.29 is 14.0 Å². The third kappa shape index (κ3) is 3.07. The lowest BCUT2D eigenvalue weighted by Gasteiger charge is -2.07. The van der Waals surface area contributed by atoms with Crippen LogP contribution < -0.4 is 11.1 Å². The summed E-state index contributed by atoms with van der Waals surface area (Å²) in [7, 11) is 0. The molecule has 3 N–H and O–H groups in total. The van der Waals surface area contributed by atoms with Crippen LogP contribution in [0.3, 0.4) is 0 Å². The number of halogens is 2. The summed E-state index contributed by atoms with van der Waals surface area (Å²) in [6.45, 7) is 0. The second-order valence-electron chi connectivity index (χ2n) is 3.74. The number of rotatable bonds is 3. The molecule has 0 atom stereocenters. The Kier molecular flexibility index (Phi) is 3.90. The highest BCUT2D eigenvalue weighted by molar-refractivity contribution is 6.29. The van der Waals surface area contributed by atoms with Crippen molar-refractivity contribution in [2.45, 2.75) is 0 Å². The van der Waals surface area contributed by atoms with Gasteiger partial charge in [0.1, 0.15) is 16.7 Å². The minimum absolute atomic E-state index is 0.0315. The lowest BCUT2D eigenvalue weighted by molar-refractivity contribution is 0.0995. The number of nitrogens with two attached hydrogens (primary N) is 1. The quantitative estimate of drug-likeness (QED) is 0.898. The van der Waals surface area contributed by atoms with Gasteiger partial charge in [-0.3, -0.25) is 14.6 Å². The van der Waals surface area contributed by atoms with E-state index >= 15 is 0 Å². The Labute approximate surface area is 117 Å². The first-order valence-electron chi connectivity index (χ1n) is 5.35. The standard InChI is InChI=1S/C12H8ClFN4O2/c13-10-5-16-4-9(17-10)12(20)18-8-3-6(11(15)19)1-2-7(8)14/h1-5H,(H2,15,19)(H,18,20). The third-order valence-electron chi connectivity index (χ3n) is 2.34. The first kappa shape index (κ1) is 13.9. The Hall–Kier alpha value is -2.54. The van der Waals surface area contributed by atoms with Gasteiger partial charge in [-0.05, 0) is 18.2 Å². The monoisotopic (exact) mass is 294 g/mol. The molecule has 0 saturated carbocycles. The van der Waals surface area contributed by atoms with E-state index in [-0.39, 0.29) is 22.1 Å². The predicted octanol–water partition coefficient (Wildman–Crippen LogP) is 1.62. The number of aromatic nitrogens is 2. The molecule has 0 bridgehead atoms. The highest BCUT2D eigenvalue weighted by atomic mass is 35.5. The van der Waals surface area contributed by atoms with Crippen molar-refractivity contribution in [3.05, 3.63) is 52.8 Å². The molecule has 2 rings (SSSR count). The number of benzene rings is 1. The Morgan fingerprint density at radius 3 is 2.70 bits per heavy atom. The molecule has 0 aliphatic rings. The summed E-state index contributed by atoms with van der Waals surface area (Å²) in [4.78, 5) is 30.3. The number of hydrogen-bond acceptors (Lipinski definition) is 4. The minimum Gasteiger partial charge on any atom is -0.366 e. The van der Waals surface area contributed by atoms with Crippen LogP contribution in [0.5, 0.6) is 0 Å². The van der Waals surface area contributed by atoms with Crippen LogP contribution >= 0.6 is 11.6 Å². The molecule has 0 saturated heterocycles. The molecule has 8 heteroatoms. The van der Waals surface area contributed by atoms with E-state index in [4.69, 9.17) is 17.3 Å². The smallest absolute Gasteiger partial charge is 0.276 e. The lowest BCUT2D eigenvalue weighted by Crippen LogP contribution is -2.17. The number of primary amides is 1. The van der Waals surface area contributed by atoms with Gasteiger partial charge in [-0.1, -0.05) is 11.6 Å². The van der Waals surface area contributed by atoms with Gasteiger partial charge in [0.05, 0.1) is 18.1 Å². The molecule has 1 aromatic heterocycles. The molecule has 0 radical (unpaired) electrons. The van der Waals surface area contributed by atoms with Crippen molar-refractivity contribution in [2.24, 2.45) is 5.73 Å². The van der Waals surface area contributed by atoms with Crippen LogP contribution in [-0.2, 0) is 0 Å². The number of carbonyl (C=O) groups is 2. The molecule has 0 aliphatic carbocycles. The summed E-state index contributed by atoms with van der Waals surface area (Å²) in [6.07, 6.45) is 2.43. The fourth-order valence-corrected chi connectivity index (χ4v) is 1.56. The Bertz CT molecular complexity index is 693. The third-order valence-corrected chi connectivity index (χ3v) is 2.52. The summed E-state index contributed by atoms with van der Waals surface area (Å²) in [5.41, 5.74) is 4.88. The number of nitrogens with one attached hydrogen (secondary N) is 1. The van der Waals surface area contributed by atoms with Gasteiger partial charge in [-0.15, -0.1) is 0 Å². The van der Waals surface area contributed by atoms with Crippen molar-refractivity contribution in [3.8, 4) is 0 Å². The second kappa shape index (κ2) is 5.62. The van der Waals surface area contributed by atoms with Gasteiger partial charge in [0.15, 0.2) is 0 Å². The maximum Gasteiger partial charge on any atom is 0.276 e. The molecule has 0 aliphatic heterocycles. The summed E-state index contributed by atoms with van der Waals surface area (Å²) in [5.74, 6) is -2.15. The van der Waals surface area contributed by atoms with Crippen molar-refractivity contribution in [3.63, 3.8) is 0 Å². The number of carbonyl (C=O) groups excluding carboxylic acids is 2. The van der Waals surface area contributed by atoms with E-state index in [0.29, 0.717) is 0 Å². The van der Waals surface area contributed by atoms with Gasteiger partial charge in [0.25, 0.3) is 5.91 Å². The molecular weight excluding hydrogens is 287 g/mol. The largest absolute Gasteiger partial charge is 0.366 e. The molecule has 6 nitrogen and oxygen atoms in total. The Morgan fingerprint density at radius 2 is 2.05 bits per heavy atom. The molecule has 1 aromatic carbocycles. The zero-order valence-electron chi connectivity index (χ0n) is 9.93. The molecule has 2 amide bonds. The van der Waals surface area contributed by atoms with Crippen LogP contribution in [0.1, 0.15) is 20.8 Å². The van der Waals surface area contributed by atoms with Crippen molar-refractivity contribution >= 4 is 29.1 Å². The highest BCUT2D eigenvalue weighted by Crippen LogP contribution is 2.17. The summed E-state index contributed by atoms with van der Waals surface area (Å²) in [5, 5.41) is 2.30. The van der Waals surface area contributed by atoms with Crippen LogP contribution in [0.15, 0.2) is 30.6 Å². The Morgan fingerprint density at radius 1 is 1.30 bits per heavy atom. The maximum atomic E-state index is 13.6. The van der Waals surface area contributed by atoms with Gasteiger partial charge < -0.3 is 11.1 Å². The normalized spacial score (nSPS) is 10.1. The summed E-state index contributed by atoms with van der Waals surface area (Å²) >= 11 is 5.60. The first-order chi connectivity index (χ1) is 9.47. The minimum atomic E-state index is -0.733. The first-order valence-corrected chi connectivity index (χ1v) is 5.73. The van der Waals surface area contributed by atoms with Gasteiger partial charge in [-0.2, -0.15) is 0 Å². The molecule has 2 aromatic rings. The maximum absolute atomic E-state index is 13.6. The summed E-state index contributed by atoms with van der Waals surface area (Å²) < 4.78 is 13.6. The van der Waals surface area contributed by atoms with Gasteiger partial charge in [0.2, 0.25) is 5.91 Å². The molecular formula is C12H8ClFN4O2. The zero-order chi connectivity index (χ0) is 14.7. The molecule has 0 unspecified atom stereocenters. The van der Waals surface area contributed by atoms with E-state index in [1.165, 1.54) is 18.5 Å². The van der Waals surface area contributed by atoms with E-state index in [1.807, 2.05) is 0 Å². The van der Waals surface area contributed by atoms with E-state index in [2.05, 4.69) is 15.3 Å². The number of anilines is 1. The molecule has 20 heavy (non-hydrogen) atoms. The van der Waals surface area contributed by atoms with Crippen LogP contribution in [0, 0.1) is 5.82 Å². The number of amides is 2. The van der Waals surface area contributed by atoms with Crippen LogP contribution in [0.25, 0.3) is 0 Å². The van der Waals surface area contributed by atoms with Gasteiger partial charge >= 0.3 is 0 Å². The lowest BCUT2D eigenvalue weighted by atomic mass is 10.2. The van der Waals surface area contributed by atoms with Crippen LogP contribution in [0.2, 0.25) is 5.15 Å². The number of nitrogens with zero attached hydrogens (tertiary/aromatic N) is 2. The Balaban J connectivity index is 2.27. The topological polar surface area (TPSA) is 98.0 Å². The van der Waals surface area contributed by atoms with E-state index in [0.717, 1.165) is 12.1 Å². The fourth-order valence-electron chi connectivity index (χ4n) is 1.41. The molecule has 102 valence electrons. The van der Waals surface area contributed by atoms with Crippen molar-refractivity contribution in [2.75, 3.05) is 5.32 Å². The van der Waals surface area contributed by atoms with Crippen LogP contribution in [-0.4, -0.2) is 21.8 Å². The van der Waals surface area contributed by atoms with Gasteiger partial charge in [0, 0.05) is 5.56 Å². The average molecular weight is 295 g/mol. The molecule has 1 heterocycles. The predicted molar refractivity (Wildman–Crippen MR) is 69.9 cm³/mol. The summed E-state index contributed by atoms with van der Waals surface area (Å²) in [6, 6.07) is 3.37. The second-order valence-corrected chi connectivity index (χ2v) is 4.13. The zero-order valence-corrected chi connectivity index (χ0v) is 10.7. The molecule has 0 spiro atoms. The van der Waals surface area contributed by atoms with Crippen molar-refractivity contribution in [1.82, 2.24) is 9.97 Å².